The molecule has 0 saturated heterocycles. The zero-order chi connectivity index (χ0) is 13.4. The molecule has 1 amide bonds. The van der Waals surface area contributed by atoms with Gasteiger partial charge in [0.2, 0.25) is 0 Å². The molecule has 2 N–H and O–H groups in total. The Bertz CT molecular complexity index is 672. The molecule has 2 aromatic heterocycles. The molecule has 0 unspecified atom stereocenters. The summed E-state index contributed by atoms with van der Waals surface area (Å²) in [6, 6.07) is 0. The van der Waals surface area contributed by atoms with E-state index in [0.29, 0.717) is 30.3 Å². The summed E-state index contributed by atoms with van der Waals surface area (Å²) in [5.74, 6) is -0.0981. The third-order valence-electron chi connectivity index (χ3n) is 3.35. The number of aliphatic hydroxyl groups is 1. The summed E-state index contributed by atoms with van der Waals surface area (Å²) in [5, 5.41) is 13.6. The summed E-state index contributed by atoms with van der Waals surface area (Å²) in [4.78, 5) is 28.6. The lowest BCUT2D eigenvalue weighted by Crippen LogP contribution is -2.40. The maximum absolute atomic E-state index is 12.0. The number of rotatable bonds is 3. The third kappa shape index (κ3) is 2.26. The highest BCUT2D eigenvalue weighted by atomic mass is 32.1. The van der Waals surface area contributed by atoms with Crippen molar-refractivity contribution in [1.29, 1.82) is 0 Å². The second-order valence-electron chi connectivity index (χ2n) is 4.73. The van der Waals surface area contributed by atoms with Crippen LogP contribution in [0.5, 0.6) is 0 Å². The Labute approximate surface area is 112 Å². The fourth-order valence-corrected chi connectivity index (χ4v) is 2.86. The molecule has 1 fully saturated rings. The number of nitrogens with one attached hydrogen (secondary N) is 1. The number of nitrogens with zero attached hydrogens (tertiary/aromatic N) is 2. The summed E-state index contributed by atoms with van der Waals surface area (Å²) in [6.45, 7) is 0.488. The smallest absolute Gasteiger partial charge is 0.271 e. The quantitative estimate of drug-likeness (QED) is 0.844. The van der Waals surface area contributed by atoms with Gasteiger partial charge in [0.15, 0.2) is 4.96 Å². The molecule has 1 saturated carbocycles. The van der Waals surface area contributed by atoms with E-state index in [0.717, 1.165) is 0 Å². The Balaban J connectivity index is 1.74. The first-order valence-electron chi connectivity index (χ1n) is 6.06. The van der Waals surface area contributed by atoms with Gasteiger partial charge in [0.25, 0.3) is 11.5 Å². The maximum Gasteiger partial charge on any atom is 0.271 e. The van der Waals surface area contributed by atoms with Gasteiger partial charge < -0.3 is 10.4 Å². The van der Waals surface area contributed by atoms with Crippen LogP contribution in [0.4, 0.5) is 0 Å². The SMILES string of the molecule is O=C(NCC1CC(O)C1)c1cnc2sccn2c1=O. The Morgan fingerprint density at radius 1 is 1.58 bits per heavy atom. The minimum atomic E-state index is -0.403. The average Bonchev–Trinajstić information content (AvgIpc) is 2.82. The Morgan fingerprint density at radius 3 is 3.11 bits per heavy atom. The molecule has 19 heavy (non-hydrogen) atoms. The van der Waals surface area contributed by atoms with Gasteiger partial charge in [-0.2, -0.15) is 0 Å². The fraction of sp³-hybridized carbons (Fsp3) is 0.417. The van der Waals surface area contributed by atoms with Crippen molar-refractivity contribution in [1.82, 2.24) is 14.7 Å². The Morgan fingerprint density at radius 2 is 2.37 bits per heavy atom. The lowest BCUT2D eigenvalue weighted by atomic mass is 9.82. The predicted molar refractivity (Wildman–Crippen MR) is 70.4 cm³/mol. The number of carbonyl (C=O) groups is 1. The first-order chi connectivity index (χ1) is 9.15. The second-order valence-corrected chi connectivity index (χ2v) is 5.61. The molecule has 1 aliphatic carbocycles. The minimum Gasteiger partial charge on any atom is -0.393 e. The van der Waals surface area contributed by atoms with Gasteiger partial charge in [-0.3, -0.25) is 14.0 Å². The van der Waals surface area contributed by atoms with Crippen molar-refractivity contribution in [2.24, 2.45) is 5.92 Å². The number of aliphatic hydroxyl groups excluding tert-OH is 1. The summed E-state index contributed by atoms with van der Waals surface area (Å²) >= 11 is 1.35. The predicted octanol–water partition coefficient (Wildman–Crippen LogP) is 0.257. The number of hydrogen-bond acceptors (Lipinski definition) is 5. The van der Waals surface area contributed by atoms with Crippen LogP contribution in [0, 0.1) is 5.92 Å². The van der Waals surface area contributed by atoms with Crippen LogP contribution < -0.4 is 10.9 Å². The van der Waals surface area contributed by atoms with Gasteiger partial charge in [-0.25, -0.2) is 4.98 Å². The van der Waals surface area contributed by atoms with E-state index in [-0.39, 0.29) is 17.2 Å². The van der Waals surface area contributed by atoms with E-state index < -0.39 is 5.91 Å². The summed E-state index contributed by atoms with van der Waals surface area (Å²) in [7, 11) is 0. The normalized spacial score (nSPS) is 22.2. The largest absolute Gasteiger partial charge is 0.393 e. The molecule has 0 aromatic carbocycles. The van der Waals surface area contributed by atoms with Crippen LogP contribution >= 0.6 is 11.3 Å². The fourth-order valence-electron chi connectivity index (χ4n) is 2.18. The topological polar surface area (TPSA) is 83.7 Å². The highest BCUT2D eigenvalue weighted by molar-refractivity contribution is 7.15. The van der Waals surface area contributed by atoms with Crippen molar-refractivity contribution in [3.63, 3.8) is 0 Å². The molecule has 7 heteroatoms. The van der Waals surface area contributed by atoms with Crippen molar-refractivity contribution in [2.75, 3.05) is 6.54 Å². The van der Waals surface area contributed by atoms with Crippen LogP contribution in [-0.2, 0) is 0 Å². The number of carbonyl (C=O) groups excluding carboxylic acids is 1. The maximum atomic E-state index is 12.0. The zero-order valence-corrected chi connectivity index (χ0v) is 10.9. The molecule has 1 aliphatic rings. The van der Waals surface area contributed by atoms with E-state index >= 15 is 0 Å². The average molecular weight is 279 g/mol. The molecular formula is C12H13N3O3S. The molecule has 0 spiro atoms. The van der Waals surface area contributed by atoms with Gasteiger partial charge in [-0.05, 0) is 18.8 Å². The van der Waals surface area contributed by atoms with Gasteiger partial charge in [0.1, 0.15) is 5.56 Å². The standard InChI is InChI=1S/C12H13N3O3S/c16-8-3-7(4-8)5-13-10(17)9-6-14-12-15(11(9)18)1-2-19-12/h1-2,6-8,16H,3-5H2,(H,13,17). The van der Waals surface area contributed by atoms with Crippen LogP contribution in [-0.4, -0.2) is 33.0 Å². The van der Waals surface area contributed by atoms with Gasteiger partial charge in [-0.15, -0.1) is 11.3 Å². The van der Waals surface area contributed by atoms with Crippen LogP contribution in [0.15, 0.2) is 22.6 Å². The van der Waals surface area contributed by atoms with Crippen molar-refractivity contribution in [3.05, 3.63) is 33.7 Å². The molecule has 6 nitrogen and oxygen atoms in total. The van der Waals surface area contributed by atoms with Gasteiger partial charge in [0, 0.05) is 24.3 Å². The van der Waals surface area contributed by atoms with Crippen LogP contribution in [0.25, 0.3) is 4.96 Å². The first-order valence-corrected chi connectivity index (χ1v) is 6.94. The zero-order valence-electron chi connectivity index (χ0n) is 10.1. The molecular weight excluding hydrogens is 266 g/mol. The van der Waals surface area contributed by atoms with Gasteiger partial charge in [0.05, 0.1) is 6.10 Å². The van der Waals surface area contributed by atoms with Crippen molar-refractivity contribution >= 4 is 22.2 Å². The highest BCUT2D eigenvalue weighted by Gasteiger charge is 2.27. The molecule has 3 rings (SSSR count). The first kappa shape index (κ1) is 12.3. The van der Waals surface area contributed by atoms with Crippen LogP contribution in [0.3, 0.4) is 0 Å². The third-order valence-corrected chi connectivity index (χ3v) is 4.12. The van der Waals surface area contributed by atoms with Crippen molar-refractivity contribution in [3.8, 4) is 0 Å². The van der Waals surface area contributed by atoms with E-state index in [2.05, 4.69) is 10.3 Å². The molecule has 0 aliphatic heterocycles. The van der Waals surface area contributed by atoms with E-state index in [9.17, 15) is 9.59 Å². The molecule has 0 radical (unpaired) electrons. The summed E-state index contributed by atoms with van der Waals surface area (Å²) < 4.78 is 1.37. The minimum absolute atomic E-state index is 0.0516. The number of fused-ring (bicyclic) bond motifs is 1. The second kappa shape index (κ2) is 4.75. The Kier molecular flexibility index (Phi) is 3.08. The summed E-state index contributed by atoms with van der Waals surface area (Å²) in [5.41, 5.74) is -0.298. The molecule has 100 valence electrons. The molecule has 0 bridgehead atoms. The van der Waals surface area contributed by atoms with Crippen molar-refractivity contribution < 1.29 is 9.90 Å². The number of thiazole rings is 1. The van der Waals surface area contributed by atoms with Crippen LogP contribution in [0.1, 0.15) is 23.2 Å². The molecule has 2 aromatic rings. The molecule has 0 atom stereocenters. The lowest BCUT2D eigenvalue weighted by Gasteiger charge is -2.31. The van der Waals surface area contributed by atoms with E-state index in [1.165, 1.54) is 21.9 Å². The lowest BCUT2D eigenvalue weighted by molar-refractivity contribution is 0.0420. The van der Waals surface area contributed by atoms with E-state index in [1.807, 2.05) is 0 Å². The number of aromatic nitrogens is 2. The van der Waals surface area contributed by atoms with E-state index in [4.69, 9.17) is 5.11 Å². The number of hydrogen-bond donors (Lipinski definition) is 2. The van der Waals surface area contributed by atoms with Gasteiger partial charge in [-0.1, -0.05) is 0 Å². The highest BCUT2D eigenvalue weighted by Crippen LogP contribution is 2.26. The summed E-state index contributed by atoms with van der Waals surface area (Å²) in [6.07, 6.45) is 4.10. The van der Waals surface area contributed by atoms with Gasteiger partial charge >= 0.3 is 0 Å². The number of amides is 1. The van der Waals surface area contributed by atoms with E-state index in [1.54, 1.807) is 11.6 Å². The monoisotopic (exact) mass is 279 g/mol. The van der Waals surface area contributed by atoms with Crippen LogP contribution in [0.2, 0.25) is 0 Å². The Hall–Kier alpha value is -1.73. The van der Waals surface area contributed by atoms with Crippen molar-refractivity contribution in [2.45, 2.75) is 18.9 Å². The molecule has 2 heterocycles.